The van der Waals surface area contributed by atoms with E-state index in [1.807, 2.05) is 12.1 Å². The highest BCUT2D eigenvalue weighted by molar-refractivity contribution is 6.00. The minimum atomic E-state index is -0.925. The summed E-state index contributed by atoms with van der Waals surface area (Å²) in [5.41, 5.74) is 3.93. The van der Waals surface area contributed by atoms with E-state index in [2.05, 4.69) is 0 Å². The quantitative estimate of drug-likeness (QED) is 0.513. The second-order valence-electron chi connectivity index (χ2n) is 6.76. The second-order valence-corrected chi connectivity index (χ2v) is 6.76. The lowest BCUT2D eigenvalue weighted by Crippen LogP contribution is -2.28. The Morgan fingerprint density at radius 2 is 1.93 bits per heavy atom. The van der Waals surface area contributed by atoms with Crippen LogP contribution in [0.15, 0.2) is 51.7 Å². The molecule has 6 nitrogen and oxygen atoms in total. The highest BCUT2D eigenvalue weighted by Gasteiger charge is 2.22. The van der Waals surface area contributed by atoms with Crippen LogP contribution in [0.2, 0.25) is 0 Å². The normalized spacial score (nSPS) is 14.1. The van der Waals surface area contributed by atoms with Gasteiger partial charge in [-0.1, -0.05) is 24.3 Å². The van der Waals surface area contributed by atoms with Crippen LogP contribution in [-0.2, 0) is 28.9 Å². The van der Waals surface area contributed by atoms with Crippen molar-refractivity contribution in [3.05, 3.63) is 69.7 Å². The zero-order valence-corrected chi connectivity index (χ0v) is 14.9. The first kappa shape index (κ1) is 17.3. The SMILES string of the molecule is C[C@@H](OC(=O)Cn1c(=O)oc2ccccc21)C(=O)c1ccc2c(c1)CCC2. The molecule has 0 saturated heterocycles. The van der Waals surface area contributed by atoms with Crippen LogP contribution in [0.5, 0.6) is 0 Å². The number of carbonyl (C=O) groups is 2. The zero-order chi connectivity index (χ0) is 19.0. The van der Waals surface area contributed by atoms with Crippen molar-refractivity contribution in [3.63, 3.8) is 0 Å². The molecule has 0 fully saturated rings. The Morgan fingerprint density at radius 3 is 2.78 bits per heavy atom. The summed E-state index contributed by atoms with van der Waals surface area (Å²) in [6.45, 7) is 1.24. The third-order valence-electron chi connectivity index (χ3n) is 4.92. The van der Waals surface area contributed by atoms with Gasteiger partial charge < -0.3 is 9.15 Å². The monoisotopic (exact) mass is 365 g/mol. The molecule has 138 valence electrons. The molecule has 1 atom stereocenters. The van der Waals surface area contributed by atoms with E-state index in [9.17, 15) is 14.4 Å². The maximum Gasteiger partial charge on any atom is 0.420 e. The predicted octanol–water partition coefficient (Wildman–Crippen LogP) is 2.90. The maximum absolute atomic E-state index is 12.6. The van der Waals surface area contributed by atoms with E-state index in [1.165, 1.54) is 15.7 Å². The summed E-state index contributed by atoms with van der Waals surface area (Å²) in [5.74, 6) is -1.54. The fourth-order valence-electron chi connectivity index (χ4n) is 3.54. The molecular weight excluding hydrogens is 346 g/mol. The molecule has 6 heteroatoms. The molecule has 0 spiro atoms. The molecule has 0 radical (unpaired) electrons. The van der Waals surface area contributed by atoms with E-state index in [-0.39, 0.29) is 12.3 Å². The Balaban J connectivity index is 1.46. The molecule has 0 amide bonds. The Kier molecular flexibility index (Phi) is 4.39. The molecule has 0 saturated carbocycles. The summed E-state index contributed by atoms with van der Waals surface area (Å²) in [6.07, 6.45) is 2.19. The number of hydrogen-bond acceptors (Lipinski definition) is 5. The molecule has 0 N–H and O–H groups in total. The number of oxazole rings is 1. The molecule has 3 aromatic rings. The number of para-hydroxylation sites is 2. The van der Waals surface area contributed by atoms with Crippen molar-refractivity contribution in [1.82, 2.24) is 4.57 Å². The number of benzene rings is 2. The summed E-state index contributed by atoms with van der Waals surface area (Å²) >= 11 is 0. The van der Waals surface area contributed by atoms with Crippen LogP contribution in [-0.4, -0.2) is 22.4 Å². The average molecular weight is 365 g/mol. The van der Waals surface area contributed by atoms with Gasteiger partial charge >= 0.3 is 11.7 Å². The van der Waals surface area contributed by atoms with E-state index < -0.39 is 17.8 Å². The highest BCUT2D eigenvalue weighted by atomic mass is 16.5. The van der Waals surface area contributed by atoms with Crippen LogP contribution in [0, 0.1) is 0 Å². The van der Waals surface area contributed by atoms with E-state index >= 15 is 0 Å². The van der Waals surface area contributed by atoms with Gasteiger partial charge in [0.25, 0.3) is 0 Å². The second kappa shape index (κ2) is 6.87. The number of esters is 1. The maximum atomic E-state index is 12.6. The number of Topliss-reactive ketones (excluding diaryl/α,β-unsaturated/α-hetero) is 1. The predicted molar refractivity (Wildman–Crippen MR) is 98.8 cm³/mol. The third-order valence-corrected chi connectivity index (χ3v) is 4.92. The molecule has 27 heavy (non-hydrogen) atoms. The van der Waals surface area contributed by atoms with Crippen molar-refractivity contribution >= 4 is 22.9 Å². The minimum absolute atomic E-state index is 0.248. The molecule has 1 aliphatic carbocycles. The van der Waals surface area contributed by atoms with Crippen molar-refractivity contribution in [1.29, 1.82) is 0 Å². The number of aryl methyl sites for hydroxylation is 2. The molecule has 0 bridgehead atoms. The Bertz CT molecular complexity index is 1090. The van der Waals surface area contributed by atoms with Crippen LogP contribution in [0.4, 0.5) is 0 Å². The van der Waals surface area contributed by atoms with Gasteiger partial charge in [0.05, 0.1) is 5.52 Å². The van der Waals surface area contributed by atoms with Crippen LogP contribution >= 0.6 is 0 Å². The first-order valence-corrected chi connectivity index (χ1v) is 8.97. The number of carbonyl (C=O) groups excluding carboxylic acids is 2. The van der Waals surface area contributed by atoms with Crippen molar-refractivity contribution in [3.8, 4) is 0 Å². The Hall–Kier alpha value is -3.15. The third kappa shape index (κ3) is 3.30. The van der Waals surface area contributed by atoms with E-state index in [4.69, 9.17) is 9.15 Å². The van der Waals surface area contributed by atoms with Gasteiger partial charge in [0.2, 0.25) is 5.78 Å². The van der Waals surface area contributed by atoms with Gasteiger partial charge in [-0.2, -0.15) is 0 Å². The van der Waals surface area contributed by atoms with Crippen molar-refractivity contribution in [2.45, 2.75) is 38.8 Å². The zero-order valence-electron chi connectivity index (χ0n) is 14.9. The summed E-state index contributed by atoms with van der Waals surface area (Å²) < 4.78 is 11.6. The first-order chi connectivity index (χ1) is 13.0. The smallest absolute Gasteiger partial charge is 0.420 e. The summed E-state index contributed by atoms with van der Waals surface area (Å²) in [6, 6.07) is 12.5. The number of ketones is 1. The van der Waals surface area contributed by atoms with Gasteiger partial charge in [-0.15, -0.1) is 0 Å². The number of nitrogens with zero attached hydrogens (tertiary/aromatic N) is 1. The van der Waals surface area contributed by atoms with Gasteiger partial charge in [-0.05, 0) is 55.5 Å². The van der Waals surface area contributed by atoms with Gasteiger partial charge in [0.15, 0.2) is 11.7 Å². The number of ether oxygens (including phenoxy) is 1. The molecule has 2 aromatic carbocycles. The van der Waals surface area contributed by atoms with E-state index in [0.717, 1.165) is 19.3 Å². The van der Waals surface area contributed by atoms with Gasteiger partial charge in [-0.3, -0.25) is 14.2 Å². The molecular formula is C21H19NO5. The lowest BCUT2D eigenvalue weighted by molar-refractivity contribution is -0.147. The lowest BCUT2D eigenvalue weighted by atomic mass is 10.0. The van der Waals surface area contributed by atoms with Crippen molar-refractivity contribution < 1.29 is 18.7 Å². The van der Waals surface area contributed by atoms with Gasteiger partial charge in [0, 0.05) is 5.56 Å². The molecule has 4 rings (SSSR count). The molecule has 1 aromatic heterocycles. The Labute approximate surface area is 155 Å². The number of rotatable bonds is 5. The van der Waals surface area contributed by atoms with E-state index in [1.54, 1.807) is 37.3 Å². The molecule has 0 aliphatic heterocycles. The molecule has 1 heterocycles. The van der Waals surface area contributed by atoms with Crippen LogP contribution in [0.1, 0.15) is 34.8 Å². The summed E-state index contributed by atoms with van der Waals surface area (Å²) in [5, 5.41) is 0. The minimum Gasteiger partial charge on any atom is -0.453 e. The van der Waals surface area contributed by atoms with Crippen LogP contribution in [0.3, 0.4) is 0 Å². The van der Waals surface area contributed by atoms with Crippen molar-refractivity contribution in [2.24, 2.45) is 0 Å². The largest absolute Gasteiger partial charge is 0.453 e. The van der Waals surface area contributed by atoms with Crippen LogP contribution < -0.4 is 5.76 Å². The Morgan fingerprint density at radius 1 is 1.15 bits per heavy atom. The number of aromatic nitrogens is 1. The van der Waals surface area contributed by atoms with Crippen LogP contribution in [0.25, 0.3) is 11.1 Å². The fraction of sp³-hybridized carbons (Fsp3) is 0.286. The van der Waals surface area contributed by atoms with E-state index in [0.29, 0.717) is 16.7 Å². The first-order valence-electron chi connectivity index (χ1n) is 8.97. The number of fused-ring (bicyclic) bond motifs is 2. The lowest BCUT2D eigenvalue weighted by Gasteiger charge is -2.13. The summed E-state index contributed by atoms with van der Waals surface area (Å²) in [7, 11) is 0. The average Bonchev–Trinajstić information content (AvgIpc) is 3.25. The topological polar surface area (TPSA) is 78.5 Å². The summed E-state index contributed by atoms with van der Waals surface area (Å²) in [4.78, 5) is 36.8. The molecule has 0 unspecified atom stereocenters. The van der Waals surface area contributed by atoms with Crippen molar-refractivity contribution in [2.75, 3.05) is 0 Å². The van der Waals surface area contributed by atoms with Gasteiger partial charge in [0.1, 0.15) is 6.54 Å². The van der Waals surface area contributed by atoms with Gasteiger partial charge in [-0.25, -0.2) is 4.79 Å². The standard InChI is InChI=1S/C21H19NO5/c1-13(20(24)16-10-9-14-5-4-6-15(14)11-16)26-19(23)12-22-17-7-2-3-8-18(17)27-21(22)25/h2-3,7-11,13H,4-6,12H2,1H3/t13-/m1/s1. The number of hydrogen-bond donors (Lipinski definition) is 0. The fourth-order valence-corrected chi connectivity index (χ4v) is 3.54. The highest BCUT2D eigenvalue weighted by Crippen LogP contribution is 2.23. The molecule has 1 aliphatic rings.